The number of para-hydroxylation sites is 1. The summed E-state index contributed by atoms with van der Waals surface area (Å²) in [7, 11) is 1.64. The van der Waals surface area contributed by atoms with Crippen LogP contribution in [0.2, 0.25) is 0 Å². The molecule has 3 aliphatic rings. The van der Waals surface area contributed by atoms with Gasteiger partial charge in [0, 0.05) is 42.1 Å². The Morgan fingerprint density at radius 1 is 0.974 bits per heavy atom. The van der Waals surface area contributed by atoms with Crippen LogP contribution in [-0.2, 0) is 19.1 Å². The highest BCUT2D eigenvalue weighted by atomic mass is 16.5. The van der Waals surface area contributed by atoms with Crippen molar-refractivity contribution in [2.24, 2.45) is 0 Å². The fourth-order valence-corrected chi connectivity index (χ4v) is 5.98. The quantitative estimate of drug-likeness (QED) is 0.403. The van der Waals surface area contributed by atoms with Crippen molar-refractivity contribution in [1.82, 2.24) is 5.32 Å². The number of allylic oxidation sites excluding steroid dienone is 3. The molecule has 0 amide bonds. The Bertz CT molecular complexity index is 1320. The lowest BCUT2D eigenvalue weighted by atomic mass is 9.71. The molecule has 1 aliphatic heterocycles. The van der Waals surface area contributed by atoms with E-state index in [0.717, 1.165) is 48.3 Å². The molecule has 5 rings (SSSR count). The van der Waals surface area contributed by atoms with Crippen LogP contribution in [-0.4, -0.2) is 30.9 Å². The molecule has 0 aromatic heterocycles. The molecule has 1 N–H and O–H groups in total. The Morgan fingerprint density at radius 3 is 2.37 bits per heavy atom. The normalized spacial score (nSPS) is 21.6. The van der Waals surface area contributed by atoms with Crippen molar-refractivity contribution in [3.05, 3.63) is 82.2 Å². The molecule has 2 aliphatic carbocycles. The zero-order valence-electron chi connectivity index (χ0n) is 22.0. The molecule has 1 heterocycles. The molecule has 2 aromatic rings. The van der Waals surface area contributed by atoms with Gasteiger partial charge in [-0.1, -0.05) is 30.3 Å². The monoisotopic (exact) mass is 515 g/mol. The molecule has 7 nitrogen and oxygen atoms in total. The van der Waals surface area contributed by atoms with E-state index in [1.165, 1.54) is 6.92 Å². The number of carbonyl (C=O) groups is 3. The van der Waals surface area contributed by atoms with E-state index in [-0.39, 0.29) is 23.8 Å². The summed E-state index contributed by atoms with van der Waals surface area (Å²) in [6.45, 7) is 3.21. The lowest BCUT2D eigenvalue weighted by molar-refractivity contribution is -0.144. The molecular formula is C31H33NO6. The minimum Gasteiger partial charge on any atom is -0.496 e. The molecule has 1 fully saturated rings. The molecule has 0 unspecified atom stereocenters. The lowest BCUT2D eigenvalue weighted by Crippen LogP contribution is -2.36. The summed E-state index contributed by atoms with van der Waals surface area (Å²) in [5.41, 5.74) is 4.33. The van der Waals surface area contributed by atoms with Crippen LogP contribution in [0.15, 0.2) is 71.1 Å². The number of dihydropyridines is 1. The van der Waals surface area contributed by atoms with Crippen LogP contribution in [0, 0.1) is 0 Å². The minimum atomic E-state index is -0.572. The van der Waals surface area contributed by atoms with Gasteiger partial charge in [0.1, 0.15) is 17.6 Å². The Balaban J connectivity index is 1.54. The van der Waals surface area contributed by atoms with Crippen LogP contribution < -0.4 is 14.8 Å². The molecule has 1 saturated carbocycles. The molecule has 2 atom stereocenters. The van der Waals surface area contributed by atoms with E-state index in [0.29, 0.717) is 35.4 Å². The number of benzene rings is 2. The van der Waals surface area contributed by atoms with Crippen molar-refractivity contribution >= 4 is 17.7 Å². The molecule has 198 valence electrons. The highest BCUT2D eigenvalue weighted by Gasteiger charge is 2.42. The van der Waals surface area contributed by atoms with E-state index in [2.05, 4.69) is 5.32 Å². The van der Waals surface area contributed by atoms with Crippen molar-refractivity contribution in [2.45, 2.75) is 70.3 Å². The summed E-state index contributed by atoms with van der Waals surface area (Å²) in [5.74, 6) is -0.257. The highest BCUT2D eigenvalue weighted by Crippen LogP contribution is 2.47. The van der Waals surface area contributed by atoms with Gasteiger partial charge in [0.15, 0.2) is 5.78 Å². The van der Waals surface area contributed by atoms with Gasteiger partial charge in [-0.05, 0) is 68.4 Å². The van der Waals surface area contributed by atoms with Gasteiger partial charge >= 0.3 is 11.9 Å². The second kappa shape index (κ2) is 10.9. The van der Waals surface area contributed by atoms with E-state index in [1.807, 2.05) is 43.3 Å². The third kappa shape index (κ3) is 5.10. The van der Waals surface area contributed by atoms with Crippen molar-refractivity contribution in [1.29, 1.82) is 0 Å². The van der Waals surface area contributed by atoms with Crippen LogP contribution in [0.5, 0.6) is 11.5 Å². The predicted molar refractivity (Wildman–Crippen MR) is 142 cm³/mol. The Hall–Kier alpha value is -3.87. The van der Waals surface area contributed by atoms with Gasteiger partial charge in [0.25, 0.3) is 0 Å². The van der Waals surface area contributed by atoms with Crippen LogP contribution in [0.4, 0.5) is 0 Å². The van der Waals surface area contributed by atoms with Crippen molar-refractivity contribution < 1.29 is 28.6 Å². The van der Waals surface area contributed by atoms with Crippen LogP contribution >= 0.6 is 0 Å². The number of methoxy groups -OCH3 is 1. The molecule has 0 spiro atoms. The first-order chi connectivity index (χ1) is 18.4. The van der Waals surface area contributed by atoms with Crippen LogP contribution in [0.25, 0.3) is 0 Å². The van der Waals surface area contributed by atoms with Crippen molar-refractivity contribution in [3.63, 3.8) is 0 Å². The standard InChI is InChI=1S/C31H33NO6/c1-18-28(31(35)38-22-8-4-5-9-22)29(20-12-14-23(15-13-20)37-19(2)33)30-25(32-18)16-21(17-26(30)34)24-10-6-7-11-27(24)36-3/h6-7,10-15,21-22,29,32H,4-5,8-9,16-17H2,1-3H3/t21-,29+/m1/s1. The number of hydrogen-bond donors (Lipinski definition) is 1. The molecule has 0 bridgehead atoms. The van der Waals surface area contributed by atoms with Gasteiger partial charge in [-0.3, -0.25) is 9.59 Å². The largest absolute Gasteiger partial charge is 0.496 e. The van der Waals surface area contributed by atoms with E-state index in [9.17, 15) is 14.4 Å². The summed E-state index contributed by atoms with van der Waals surface area (Å²) in [6, 6.07) is 14.8. The minimum absolute atomic E-state index is 0.0117. The molecule has 0 radical (unpaired) electrons. The van der Waals surface area contributed by atoms with Crippen molar-refractivity contribution in [3.8, 4) is 11.5 Å². The molecule has 0 saturated heterocycles. The molecular weight excluding hydrogens is 482 g/mol. The number of Topliss-reactive ketones (excluding diaryl/α,β-unsaturated/α-hetero) is 1. The van der Waals surface area contributed by atoms with E-state index < -0.39 is 11.9 Å². The fourth-order valence-electron chi connectivity index (χ4n) is 5.98. The highest BCUT2D eigenvalue weighted by molar-refractivity contribution is 6.04. The SMILES string of the molecule is COc1ccccc1[C@H]1CC(=O)C2=C(C1)NC(C)=C(C(=O)OC1CCCC1)[C@@H]2c1ccc(OC(C)=O)cc1. The van der Waals surface area contributed by atoms with Crippen LogP contribution in [0.1, 0.15) is 75.3 Å². The van der Waals surface area contributed by atoms with E-state index in [1.54, 1.807) is 19.2 Å². The average Bonchev–Trinajstić information content (AvgIpc) is 3.40. The Kier molecular flexibility index (Phi) is 7.36. The lowest BCUT2D eigenvalue weighted by Gasteiger charge is -2.37. The zero-order valence-corrected chi connectivity index (χ0v) is 22.0. The first kappa shape index (κ1) is 25.8. The Labute approximate surface area is 222 Å². The van der Waals surface area contributed by atoms with Crippen LogP contribution in [0.3, 0.4) is 0 Å². The maximum atomic E-state index is 13.8. The smallest absolute Gasteiger partial charge is 0.337 e. The maximum Gasteiger partial charge on any atom is 0.337 e. The second-order valence-electron chi connectivity index (χ2n) is 10.2. The van der Waals surface area contributed by atoms with Gasteiger partial charge in [-0.25, -0.2) is 4.79 Å². The number of nitrogens with one attached hydrogen (secondary N) is 1. The number of esters is 2. The van der Waals surface area contributed by atoms with Gasteiger partial charge < -0.3 is 19.5 Å². The molecule has 7 heteroatoms. The topological polar surface area (TPSA) is 90.9 Å². The Morgan fingerprint density at radius 2 is 1.68 bits per heavy atom. The summed E-state index contributed by atoms with van der Waals surface area (Å²) in [6.07, 6.45) is 4.66. The van der Waals surface area contributed by atoms with Crippen molar-refractivity contribution in [2.75, 3.05) is 7.11 Å². The summed E-state index contributed by atoms with van der Waals surface area (Å²) >= 11 is 0. The fraction of sp³-hybridized carbons (Fsp3) is 0.387. The van der Waals surface area contributed by atoms with Gasteiger partial charge in [0.2, 0.25) is 0 Å². The van der Waals surface area contributed by atoms with Gasteiger partial charge in [0.05, 0.1) is 12.7 Å². The predicted octanol–water partition coefficient (Wildman–Crippen LogP) is 5.47. The molecule has 2 aromatic carbocycles. The number of hydrogen-bond acceptors (Lipinski definition) is 7. The van der Waals surface area contributed by atoms with Gasteiger partial charge in [-0.15, -0.1) is 0 Å². The third-order valence-electron chi connectivity index (χ3n) is 7.68. The summed E-state index contributed by atoms with van der Waals surface area (Å²) < 4.78 is 16.7. The number of ketones is 1. The maximum absolute atomic E-state index is 13.8. The molecule has 38 heavy (non-hydrogen) atoms. The number of carbonyl (C=O) groups excluding carboxylic acids is 3. The average molecular weight is 516 g/mol. The van der Waals surface area contributed by atoms with E-state index in [4.69, 9.17) is 14.2 Å². The second-order valence-corrected chi connectivity index (χ2v) is 10.2. The number of ether oxygens (including phenoxy) is 3. The summed E-state index contributed by atoms with van der Waals surface area (Å²) in [5, 5.41) is 3.41. The number of rotatable bonds is 6. The summed E-state index contributed by atoms with van der Waals surface area (Å²) in [4.78, 5) is 38.8. The third-order valence-corrected chi connectivity index (χ3v) is 7.68. The first-order valence-electron chi connectivity index (χ1n) is 13.2. The zero-order chi connectivity index (χ0) is 26.8. The van der Waals surface area contributed by atoms with E-state index >= 15 is 0 Å². The first-order valence-corrected chi connectivity index (χ1v) is 13.2. The van der Waals surface area contributed by atoms with Gasteiger partial charge in [-0.2, -0.15) is 0 Å².